The highest BCUT2D eigenvalue weighted by molar-refractivity contribution is 5.85. The van der Waals surface area contributed by atoms with Crippen LogP contribution in [0.4, 0.5) is 4.79 Å². The van der Waals surface area contributed by atoms with E-state index in [0.717, 1.165) is 5.56 Å². The molecule has 2 amide bonds. The first-order valence-electron chi connectivity index (χ1n) is 8.91. The van der Waals surface area contributed by atoms with E-state index in [-0.39, 0.29) is 24.5 Å². The summed E-state index contributed by atoms with van der Waals surface area (Å²) in [5.74, 6) is -0.0221. The fraction of sp³-hybridized carbons (Fsp3) is 0.579. The van der Waals surface area contributed by atoms with Crippen LogP contribution in [0.2, 0.25) is 0 Å². The first kappa shape index (κ1) is 20.2. The van der Waals surface area contributed by atoms with Crippen LogP contribution in [0.5, 0.6) is 0 Å². The van der Waals surface area contributed by atoms with Crippen LogP contribution < -0.4 is 10.6 Å². The van der Waals surface area contributed by atoms with E-state index >= 15 is 0 Å². The molecule has 0 radical (unpaired) electrons. The van der Waals surface area contributed by atoms with Gasteiger partial charge in [-0.05, 0) is 24.3 Å². The van der Waals surface area contributed by atoms with Crippen molar-refractivity contribution < 1.29 is 23.8 Å². The fourth-order valence-corrected chi connectivity index (χ4v) is 2.83. The number of hydrogen-bond acceptors (Lipinski definition) is 5. The predicted octanol–water partition coefficient (Wildman–Crippen LogP) is 2.21. The van der Waals surface area contributed by atoms with Gasteiger partial charge in [-0.3, -0.25) is 4.79 Å². The molecule has 2 rings (SSSR count). The zero-order chi connectivity index (χ0) is 18.9. The van der Waals surface area contributed by atoms with Crippen LogP contribution in [0.15, 0.2) is 30.3 Å². The largest absolute Gasteiger partial charge is 0.445 e. The van der Waals surface area contributed by atoms with Crippen molar-refractivity contribution in [1.82, 2.24) is 10.6 Å². The van der Waals surface area contributed by atoms with E-state index in [2.05, 4.69) is 10.6 Å². The summed E-state index contributed by atoms with van der Waals surface area (Å²) in [4.78, 5) is 24.7. The molecule has 1 fully saturated rings. The van der Waals surface area contributed by atoms with Gasteiger partial charge >= 0.3 is 6.09 Å². The standard InChI is InChI=1S/C19H28N2O5/c1-13(2)11-16(17(22)20-15-9-10-25-18(15)24-3)21-19(23)26-12-14-7-5-4-6-8-14/h4-8,13,15-16,18H,9-12H2,1-3H3,(H,20,22)(H,21,23)/t15-,16-,18?/m0/s1. The van der Waals surface area contributed by atoms with Crippen molar-refractivity contribution >= 4 is 12.0 Å². The van der Waals surface area contributed by atoms with Gasteiger partial charge < -0.3 is 24.8 Å². The smallest absolute Gasteiger partial charge is 0.408 e. The molecular formula is C19H28N2O5. The van der Waals surface area contributed by atoms with Gasteiger partial charge in [0, 0.05) is 7.11 Å². The second-order valence-electron chi connectivity index (χ2n) is 6.77. The zero-order valence-corrected chi connectivity index (χ0v) is 15.6. The average Bonchev–Trinajstić information content (AvgIpc) is 3.07. The number of alkyl carbamates (subject to hydrolysis) is 1. The third-order valence-electron chi connectivity index (χ3n) is 4.13. The molecule has 7 nitrogen and oxygen atoms in total. The van der Waals surface area contributed by atoms with Gasteiger partial charge in [-0.1, -0.05) is 44.2 Å². The summed E-state index contributed by atoms with van der Waals surface area (Å²) in [5, 5.41) is 5.58. The lowest BCUT2D eigenvalue weighted by atomic mass is 10.0. The Bertz CT molecular complexity index is 579. The Morgan fingerprint density at radius 2 is 2.00 bits per heavy atom. The molecule has 1 aliphatic rings. The Labute approximate surface area is 154 Å². The highest BCUT2D eigenvalue weighted by atomic mass is 16.7. The topological polar surface area (TPSA) is 85.9 Å². The maximum absolute atomic E-state index is 12.6. The maximum atomic E-state index is 12.6. The second-order valence-corrected chi connectivity index (χ2v) is 6.77. The second kappa shape index (κ2) is 10.1. The molecule has 0 spiro atoms. The molecule has 7 heteroatoms. The number of rotatable bonds is 8. The summed E-state index contributed by atoms with van der Waals surface area (Å²) in [6, 6.07) is 8.50. The van der Waals surface area contributed by atoms with Crippen molar-refractivity contribution in [2.24, 2.45) is 5.92 Å². The minimum Gasteiger partial charge on any atom is -0.445 e. The molecule has 1 heterocycles. The molecule has 0 saturated carbocycles. The molecule has 1 unspecified atom stereocenters. The van der Waals surface area contributed by atoms with Gasteiger partial charge in [0.2, 0.25) is 5.91 Å². The van der Waals surface area contributed by atoms with Crippen LogP contribution in [0, 0.1) is 5.92 Å². The Kier molecular flexibility index (Phi) is 7.87. The van der Waals surface area contributed by atoms with Crippen LogP contribution in [0.25, 0.3) is 0 Å². The van der Waals surface area contributed by atoms with Gasteiger partial charge in [-0.15, -0.1) is 0 Å². The lowest BCUT2D eigenvalue weighted by molar-refractivity contribution is -0.130. The van der Waals surface area contributed by atoms with Gasteiger partial charge in [-0.25, -0.2) is 4.79 Å². The average molecular weight is 364 g/mol. The van der Waals surface area contributed by atoms with E-state index in [1.165, 1.54) is 0 Å². The number of methoxy groups -OCH3 is 1. The van der Waals surface area contributed by atoms with Crippen LogP contribution in [-0.2, 0) is 25.6 Å². The molecule has 0 aromatic heterocycles. The molecule has 26 heavy (non-hydrogen) atoms. The lowest BCUT2D eigenvalue weighted by Crippen LogP contribution is -2.52. The number of carbonyl (C=O) groups excluding carboxylic acids is 2. The van der Waals surface area contributed by atoms with Crippen LogP contribution in [-0.4, -0.2) is 44.1 Å². The molecular weight excluding hydrogens is 336 g/mol. The van der Waals surface area contributed by atoms with Crippen LogP contribution >= 0.6 is 0 Å². The fourth-order valence-electron chi connectivity index (χ4n) is 2.83. The number of hydrogen-bond donors (Lipinski definition) is 2. The summed E-state index contributed by atoms with van der Waals surface area (Å²) in [6.45, 7) is 4.68. The molecule has 1 saturated heterocycles. The van der Waals surface area contributed by atoms with E-state index < -0.39 is 18.4 Å². The molecule has 1 aliphatic heterocycles. The van der Waals surface area contributed by atoms with Gasteiger partial charge in [-0.2, -0.15) is 0 Å². The van der Waals surface area contributed by atoms with Crippen LogP contribution in [0.1, 0.15) is 32.3 Å². The van der Waals surface area contributed by atoms with Crippen molar-refractivity contribution in [2.45, 2.75) is 51.7 Å². The van der Waals surface area contributed by atoms with Crippen molar-refractivity contribution in [3.05, 3.63) is 35.9 Å². The minimum absolute atomic E-state index is 0.158. The third kappa shape index (κ3) is 6.31. The summed E-state index contributed by atoms with van der Waals surface area (Å²) in [6.07, 6.45) is 0.124. The summed E-state index contributed by atoms with van der Waals surface area (Å²) >= 11 is 0. The van der Waals surface area contributed by atoms with Crippen molar-refractivity contribution in [3.8, 4) is 0 Å². The minimum atomic E-state index is -0.670. The Hall–Kier alpha value is -2.12. The molecule has 144 valence electrons. The molecule has 1 aromatic rings. The number of amides is 2. The highest BCUT2D eigenvalue weighted by Gasteiger charge is 2.32. The van der Waals surface area contributed by atoms with E-state index in [1.54, 1.807) is 7.11 Å². The van der Waals surface area contributed by atoms with Crippen molar-refractivity contribution in [1.29, 1.82) is 0 Å². The van der Waals surface area contributed by atoms with E-state index in [4.69, 9.17) is 14.2 Å². The molecule has 0 aliphatic carbocycles. The number of carbonyl (C=O) groups is 2. The highest BCUT2D eigenvalue weighted by Crippen LogP contribution is 2.15. The van der Waals surface area contributed by atoms with Gasteiger partial charge in [0.1, 0.15) is 12.6 Å². The lowest BCUT2D eigenvalue weighted by Gasteiger charge is -2.24. The third-order valence-corrected chi connectivity index (χ3v) is 4.13. The van der Waals surface area contributed by atoms with Gasteiger partial charge in [0.25, 0.3) is 0 Å². The quantitative estimate of drug-likeness (QED) is 0.739. The van der Waals surface area contributed by atoms with Gasteiger partial charge in [0.15, 0.2) is 6.29 Å². The Morgan fingerprint density at radius 1 is 1.27 bits per heavy atom. The van der Waals surface area contributed by atoms with E-state index in [0.29, 0.717) is 19.4 Å². The number of ether oxygens (including phenoxy) is 3. The SMILES string of the molecule is COC1OCC[C@@H]1NC(=O)[C@H](CC(C)C)NC(=O)OCc1ccccc1. The molecule has 2 N–H and O–H groups in total. The first-order chi connectivity index (χ1) is 12.5. The summed E-state index contributed by atoms with van der Waals surface area (Å²) in [7, 11) is 1.54. The van der Waals surface area contributed by atoms with Crippen molar-refractivity contribution in [3.63, 3.8) is 0 Å². The van der Waals surface area contributed by atoms with Crippen LogP contribution in [0.3, 0.4) is 0 Å². The van der Waals surface area contributed by atoms with E-state index in [9.17, 15) is 9.59 Å². The van der Waals surface area contributed by atoms with E-state index in [1.807, 2.05) is 44.2 Å². The number of nitrogens with one attached hydrogen (secondary N) is 2. The van der Waals surface area contributed by atoms with Gasteiger partial charge in [0.05, 0.1) is 12.6 Å². The normalized spacial score (nSPS) is 20.6. The monoisotopic (exact) mass is 364 g/mol. The molecule has 0 bridgehead atoms. The Balaban J connectivity index is 1.88. The molecule has 3 atom stereocenters. The van der Waals surface area contributed by atoms with Crippen molar-refractivity contribution in [2.75, 3.05) is 13.7 Å². The summed E-state index contributed by atoms with van der Waals surface area (Å²) in [5.41, 5.74) is 0.888. The summed E-state index contributed by atoms with van der Waals surface area (Å²) < 4.78 is 15.8. The maximum Gasteiger partial charge on any atom is 0.408 e. The Morgan fingerprint density at radius 3 is 2.65 bits per heavy atom. The predicted molar refractivity (Wildman–Crippen MR) is 96.3 cm³/mol. The number of benzene rings is 1. The molecule has 1 aromatic carbocycles. The zero-order valence-electron chi connectivity index (χ0n) is 15.6. The first-order valence-corrected chi connectivity index (χ1v) is 8.91.